The minimum absolute atomic E-state index is 0.196. The standard InChI is InChI=1S/C22H34N4O3S/c27-22(23-10-17-24-11-2-1-3-12-24)19-8-9-20(25-13-4-5-14-25)21(18-19)30(28,29)26-15-6-7-16-26/h8-9,18H,1-7,10-17H2,(H,23,27). The first-order valence-corrected chi connectivity index (χ1v) is 12.9. The molecule has 3 aliphatic rings. The van der Waals surface area contributed by atoms with Crippen LogP contribution in [-0.4, -0.2) is 75.9 Å². The lowest BCUT2D eigenvalue weighted by Gasteiger charge is -2.26. The maximum Gasteiger partial charge on any atom is 0.251 e. The fourth-order valence-electron chi connectivity index (χ4n) is 4.76. The van der Waals surface area contributed by atoms with Gasteiger partial charge in [0.15, 0.2) is 0 Å². The highest BCUT2D eigenvalue weighted by atomic mass is 32.2. The largest absolute Gasteiger partial charge is 0.370 e. The molecule has 0 spiro atoms. The van der Waals surface area contributed by atoms with Crippen LogP contribution in [0.25, 0.3) is 0 Å². The number of anilines is 1. The summed E-state index contributed by atoms with van der Waals surface area (Å²) in [5.41, 5.74) is 1.17. The molecule has 1 aromatic rings. The van der Waals surface area contributed by atoms with E-state index in [-0.39, 0.29) is 10.8 Å². The molecule has 3 saturated heterocycles. The van der Waals surface area contributed by atoms with E-state index >= 15 is 0 Å². The molecule has 8 heteroatoms. The van der Waals surface area contributed by atoms with Crippen molar-refractivity contribution in [1.29, 1.82) is 0 Å². The smallest absolute Gasteiger partial charge is 0.251 e. The van der Waals surface area contributed by atoms with Crippen molar-refractivity contribution in [3.05, 3.63) is 23.8 Å². The van der Waals surface area contributed by atoms with Crippen molar-refractivity contribution in [1.82, 2.24) is 14.5 Å². The van der Waals surface area contributed by atoms with Crippen molar-refractivity contribution in [2.45, 2.75) is 49.8 Å². The van der Waals surface area contributed by atoms with E-state index in [0.717, 1.165) is 64.1 Å². The van der Waals surface area contributed by atoms with Gasteiger partial charge < -0.3 is 15.1 Å². The summed E-state index contributed by atoms with van der Waals surface area (Å²) < 4.78 is 28.3. The summed E-state index contributed by atoms with van der Waals surface area (Å²) in [5, 5.41) is 2.98. The second-order valence-corrected chi connectivity index (χ2v) is 10.6. The fraction of sp³-hybridized carbons (Fsp3) is 0.682. The summed E-state index contributed by atoms with van der Waals surface area (Å²) in [6.07, 6.45) is 7.68. The van der Waals surface area contributed by atoms with Crippen molar-refractivity contribution in [2.75, 3.05) is 57.3 Å². The summed E-state index contributed by atoms with van der Waals surface area (Å²) in [4.78, 5) is 17.6. The van der Waals surface area contributed by atoms with E-state index in [2.05, 4.69) is 15.1 Å². The highest BCUT2D eigenvalue weighted by molar-refractivity contribution is 7.89. The molecule has 0 saturated carbocycles. The SMILES string of the molecule is O=C(NCCN1CCCCC1)c1ccc(N2CCCC2)c(S(=O)(=O)N2CCCC2)c1. The van der Waals surface area contributed by atoms with Gasteiger partial charge in [-0.15, -0.1) is 0 Å². The van der Waals surface area contributed by atoms with Crippen LogP contribution in [-0.2, 0) is 10.0 Å². The number of amides is 1. The molecule has 0 atom stereocenters. The van der Waals surface area contributed by atoms with Gasteiger partial charge in [0.25, 0.3) is 5.91 Å². The fourth-order valence-corrected chi connectivity index (χ4v) is 6.52. The third-order valence-electron chi connectivity index (χ3n) is 6.51. The van der Waals surface area contributed by atoms with Gasteiger partial charge in [-0.25, -0.2) is 8.42 Å². The number of piperidine rings is 1. The zero-order valence-electron chi connectivity index (χ0n) is 17.8. The highest BCUT2D eigenvalue weighted by Crippen LogP contribution is 2.32. The van der Waals surface area contributed by atoms with E-state index in [9.17, 15) is 13.2 Å². The number of carbonyl (C=O) groups excluding carboxylic acids is 1. The molecule has 0 radical (unpaired) electrons. The number of likely N-dealkylation sites (tertiary alicyclic amines) is 1. The van der Waals surface area contributed by atoms with Crippen molar-refractivity contribution >= 4 is 21.6 Å². The molecule has 1 aromatic carbocycles. The number of nitrogens with zero attached hydrogens (tertiary/aromatic N) is 3. The summed E-state index contributed by atoms with van der Waals surface area (Å²) in [7, 11) is -3.60. The lowest BCUT2D eigenvalue weighted by Crippen LogP contribution is -2.37. The average molecular weight is 435 g/mol. The van der Waals surface area contributed by atoms with Crippen LogP contribution in [0.3, 0.4) is 0 Å². The predicted octanol–water partition coefficient (Wildman–Crippen LogP) is 2.29. The Hall–Kier alpha value is -1.64. The van der Waals surface area contributed by atoms with Gasteiger partial charge in [0.1, 0.15) is 4.90 Å². The maximum absolute atomic E-state index is 13.4. The number of rotatable bonds is 7. The second-order valence-electron chi connectivity index (χ2n) is 8.65. The molecule has 7 nitrogen and oxygen atoms in total. The molecule has 3 heterocycles. The van der Waals surface area contributed by atoms with Gasteiger partial charge in [-0.3, -0.25) is 4.79 Å². The minimum atomic E-state index is -3.60. The van der Waals surface area contributed by atoms with Crippen molar-refractivity contribution in [3.63, 3.8) is 0 Å². The van der Waals surface area contributed by atoms with E-state index < -0.39 is 10.0 Å². The van der Waals surface area contributed by atoms with Crippen molar-refractivity contribution in [2.24, 2.45) is 0 Å². The topological polar surface area (TPSA) is 73.0 Å². The summed E-state index contributed by atoms with van der Waals surface area (Å²) in [6.45, 7) is 6.48. The monoisotopic (exact) mass is 434 g/mol. The minimum Gasteiger partial charge on any atom is -0.370 e. The van der Waals surface area contributed by atoms with Crippen molar-refractivity contribution < 1.29 is 13.2 Å². The second kappa shape index (κ2) is 9.66. The highest BCUT2D eigenvalue weighted by Gasteiger charge is 2.32. The van der Waals surface area contributed by atoms with Crippen LogP contribution in [0.1, 0.15) is 55.3 Å². The molecule has 166 valence electrons. The number of hydrogen-bond donors (Lipinski definition) is 1. The van der Waals surface area contributed by atoms with E-state index in [0.29, 0.717) is 25.2 Å². The van der Waals surface area contributed by atoms with Gasteiger partial charge in [0.2, 0.25) is 10.0 Å². The Bertz CT molecular complexity index is 840. The molecule has 0 aromatic heterocycles. The van der Waals surface area contributed by atoms with E-state index in [1.807, 2.05) is 6.07 Å². The third kappa shape index (κ3) is 4.81. The maximum atomic E-state index is 13.4. The molecule has 0 bridgehead atoms. The molecule has 1 amide bonds. The Labute approximate surface area is 180 Å². The molecular formula is C22H34N4O3S. The number of benzene rings is 1. The van der Waals surface area contributed by atoms with Gasteiger partial charge >= 0.3 is 0 Å². The Morgan fingerprint density at radius 2 is 1.50 bits per heavy atom. The number of carbonyl (C=O) groups is 1. The van der Waals surface area contributed by atoms with Crippen LogP contribution in [0.15, 0.2) is 23.1 Å². The van der Waals surface area contributed by atoms with Crippen LogP contribution >= 0.6 is 0 Å². The Kier molecular flexibility index (Phi) is 6.95. The Morgan fingerprint density at radius 3 is 2.20 bits per heavy atom. The first kappa shape index (κ1) is 21.6. The first-order valence-electron chi connectivity index (χ1n) is 11.5. The molecule has 3 aliphatic heterocycles. The van der Waals surface area contributed by atoms with Gasteiger partial charge in [0.05, 0.1) is 5.69 Å². The molecule has 3 fully saturated rings. The molecule has 0 aliphatic carbocycles. The van der Waals surface area contributed by atoms with Crippen LogP contribution in [0.2, 0.25) is 0 Å². The molecule has 30 heavy (non-hydrogen) atoms. The summed E-state index contributed by atoms with van der Waals surface area (Å²) >= 11 is 0. The van der Waals surface area contributed by atoms with E-state index in [1.54, 1.807) is 16.4 Å². The lowest BCUT2D eigenvalue weighted by molar-refractivity contribution is 0.0946. The average Bonchev–Trinajstić information content (AvgIpc) is 3.48. The number of sulfonamides is 1. The lowest BCUT2D eigenvalue weighted by atomic mass is 10.1. The molecular weight excluding hydrogens is 400 g/mol. The summed E-state index contributed by atoms with van der Waals surface area (Å²) in [5.74, 6) is -0.196. The van der Waals surface area contributed by atoms with Gasteiger partial charge in [-0.2, -0.15) is 4.31 Å². The van der Waals surface area contributed by atoms with Crippen LogP contribution < -0.4 is 10.2 Å². The molecule has 1 N–H and O–H groups in total. The van der Waals surface area contributed by atoms with Crippen LogP contribution in [0, 0.1) is 0 Å². The van der Waals surface area contributed by atoms with Gasteiger partial charge in [-0.1, -0.05) is 6.42 Å². The normalized spacial score (nSPS) is 21.3. The quantitative estimate of drug-likeness (QED) is 0.713. The zero-order chi connectivity index (χ0) is 21.0. The van der Waals surface area contributed by atoms with Gasteiger partial charge in [-0.05, 0) is 69.8 Å². The Balaban J connectivity index is 1.51. The van der Waals surface area contributed by atoms with Crippen LogP contribution in [0.5, 0.6) is 0 Å². The predicted molar refractivity (Wildman–Crippen MR) is 119 cm³/mol. The summed E-state index contributed by atoms with van der Waals surface area (Å²) in [6, 6.07) is 5.19. The zero-order valence-corrected chi connectivity index (χ0v) is 18.6. The number of hydrogen-bond acceptors (Lipinski definition) is 5. The molecule has 4 rings (SSSR count). The number of nitrogens with one attached hydrogen (secondary N) is 1. The van der Waals surface area contributed by atoms with Crippen LogP contribution in [0.4, 0.5) is 5.69 Å². The van der Waals surface area contributed by atoms with E-state index in [4.69, 9.17) is 0 Å². The van der Waals surface area contributed by atoms with Gasteiger partial charge in [0, 0.05) is 44.8 Å². The first-order chi connectivity index (χ1) is 14.6. The van der Waals surface area contributed by atoms with E-state index in [1.165, 1.54) is 19.3 Å². The Morgan fingerprint density at radius 1 is 0.867 bits per heavy atom. The molecule has 0 unspecified atom stereocenters. The third-order valence-corrected chi connectivity index (χ3v) is 8.44. The van der Waals surface area contributed by atoms with Crippen molar-refractivity contribution in [3.8, 4) is 0 Å².